The number of methoxy groups -OCH3 is 2. The summed E-state index contributed by atoms with van der Waals surface area (Å²) in [5.41, 5.74) is 1.29. The first-order valence-corrected chi connectivity index (χ1v) is 11.3. The van der Waals surface area contributed by atoms with E-state index in [9.17, 15) is 15.3 Å². The predicted octanol–water partition coefficient (Wildman–Crippen LogP) is 4.99. The summed E-state index contributed by atoms with van der Waals surface area (Å²) in [7, 11) is 3.09. The zero-order valence-corrected chi connectivity index (χ0v) is 19.4. The zero-order valence-electron chi connectivity index (χ0n) is 19.4. The van der Waals surface area contributed by atoms with Gasteiger partial charge >= 0.3 is 0 Å². The smallest absolute Gasteiger partial charge is 0.185 e. The molecule has 0 radical (unpaired) electrons. The first-order valence-electron chi connectivity index (χ1n) is 11.3. The van der Waals surface area contributed by atoms with Gasteiger partial charge in [-0.05, 0) is 29.8 Å². The molecule has 3 atom stereocenters. The maximum Gasteiger partial charge on any atom is 0.185 e. The molecule has 3 aromatic carbocycles. The Bertz CT molecular complexity index is 1390. The number of Topliss-reactive ketones (excluding diaryl/α,β-unsaturated/α-hetero) is 1. The molecular weight excluding hydrogens is 438 g/mol. The zero-order chi connectivity index (χ0) is 24.6. The fourth-order valence-electron chi connectivity index (χ4n) is 5.43. The highest BCUT2D eigenvalue weighted by molar-refractivity contribution is 6.04. The van der Waals surface area contributed by atoms with E-state index in [1.54, 1.807) is 37.4 Å². The molecule has 0 saturated carbocycles. The molecule has 2 heterocycles. The molecule has 3 aromatic rings. The Labute approximate surface area is 204 Å². The second-order valence-corrected chi connectivity index (χ2v) is 8.62. The highest BCUT2D eigenvalue weighted by Gasteiger charge is 2.64. The summed E-state index contributed by atoms with van der Waals surface area (Å²) in [4.78, 5) is 16.2. The van der Waals surface area contributed by atoms with E-state index in [1.165, 1.54) is 7.11 Å². The summed E-state index contributed by atoms with van der Waals surface area (Å²) in [6, 6.07) is 25.2. The highest BCUT2D eigenvalue weighted by atomic mass is 16.5. The third kappa shape index (κ3) is 3.26. The fraction of sp³-hybridized carbons (Fsp3) is 0.207. The van der Waals surface area contributed by atoms with Crippen LogP contribution in [0.5, 0.6) is 11.5 Å². The number of para-hydroxylation sites is 1. The quantitative estimate of drug-likeness (QED) is 0.498. The van der Waals surface area contributed by atoms with Gasteiger partial charge in [0.2, 0.25) is 0 Å². The number of ketones is 1. The molecule has 0 aliphatic carbocycles. The van der Waals surface area contributed by atoms with Crippen LogP contribution in [0.4, 0.5) is 5.69 Å². The molecule has 6 nitrogen and oxygen atoms in total. The van der Waals surface area contributed by atoms with Crippen LogP contribution in [0.3, 0.4) is 0 Å². The summed E-state index contributed by atoms with van der Waals surface area (Å²) in [6.07, 6.45) is 3.79. The topological polar surface area (TPSA) is 86.3 Å². The van der Waals surface area contributed by atoms with Gasteiger partial charge in [0.1, 0.15) is 17.5 Å². The molecule has 0 bridgehead atoms. The van der Waals surface area contributed by atoms with Crippen LogP contribution in [0.2, 0.25) is 0 Å². The second kappa shape index (κ2) is 8.66. The summed E-state index contributed by atoms with van der Waals surface area (Å²) in [5.74, 6) is 0.0740. The van der Waals surface area contributed by atoms with Gasteiger partial charge in [0, 0.05) is 16.8 Å². The molecule has 6 heteroatoms. The standard InChI is InChI=1S/C29H23N3O3/c1-34-21-13-14-24(35-2)22(16-21)26-27(28(33)20-9-4-3-5-10-20)32-23-11-7-6-8-19(23)12-15-25(32)29(26,17-30)18-31/h3-16,25-27H,1-2H3. The van der Waals surface area contributed by atoms with Gasteiger partial charge in [-0.3, -0.25) is 4.79 Å². The summed E-state index contributed by atoms with van der Waals surface area (Å²) >= 11 is 0. The van der Waals surface area contributed by atoms with Crippen molar-refractivity contribution in [2.24, 2.45) is 5.41 Å². The average Bonchev–Trinajstić information content (AvgIpc) is 3.23. The van der Waals surface area contributed by atoms with Crippen molar-refractivity contribution in [3.8, 4) is 23.6 Å². The van der Waals surface area contributed by atoms with E-state index in [2.05, 4.69) is 12.1 Å². The third-order valence-electron chi connectivity index (χ3n) is 7.01. The lowest BCUT2D eigenvalue weighted by molar-refractivity contribution is 0.0950. The lowest BCUT2D eigenvalue weighted by Crippen LogP contribution is -2.44. The highest BCUT2D eigenvalue weighted by Crippen LogP contribution is 2.57. The molecule has 0 amide bonds. The summed E-state index contributed by atoms with van der Waals surface area (Å²) < 4.78 is 11.1. The maximum absolute atomic E-state index is 14.2. The van der Waals surface area contributed by atoms with Crippen LogP contribution in [0.25, 0.3) is 6.08 Å². The average molecular weight is 462 g/mol. The first kappa shape index (κ1) is 22.3. The molecule has 35 heavy (non-hydrogen) atoms. The molecular formula is C29H23N3O3. The number of fused-ring (bicyclic) bond motifs is 3. The minimum Gasteiger partial charge on any atom is -0.497 e. The van der Waals surface area contributed by atoms with E-state index in [0.29, 0.717) is 22.6 Å². The van der Waals surface area contributed by atoms with Crippen LogP contribution in [0.1, 0.15) is 27.4 Å². The van der Waals surface area contributed by atoms with E-state index in [4.69, 9.17) is 9.47 Å². The van der Waals surface area contributed by atoms with Crippen LogP contribution in [-0.4, -0.2) is 32.1 Å². The molecule has 2 aliphatic rings. The molecule has 0 N–H and O–H groups in total. The van der Waals surface area contributed by atoms with Crippen LogP contribution >= 0.6 is 0 Å². The van der Waals surface area contributed by atoms with E-state index >= 15 is 0 Å². The van der Waals surface area contributed by atoms with Gasteiger partial charge in [-0.1, -0.05) is 60.7 Å². The number of ether oxygens (including phenoxy) is 2. The molecule has 5 rings (SSSR count). The van der Waals surface area contributed by atoms with Gasteiger partial charge in [-0.15, -0.1) is 0 Å². The lowest BCUT2D eigenvalue weighted by Gasteiger charge is -2.35. The van der Waals surface area contributed by atoms with Gasteiger partial charge < -0.3 is 14.4 Å². The van der Waals surface area contributed by atoms with Crippen molar-refractivity contribution >= 4 is 17.5 Å². The number of rotatable bonds is 5. The van der Waals surface area contributed by atoms with E-state index in [0.717, 1.165) is 11.3 Å². The Hall–Kier alpha value is -4.55. The summed E-state index contributed by atoms with van der Waals surface area (Å²) in [6.45, 7) is 0. The summed E-state index contributed by atoms with van der Waals surface area (Å²) in [5, 5.41) is 21.2. The van der Waals surface area contributed by atoms with Gasteiger partial charge in [0.25, 0.3) is 0 Å². The largest absolute Gasteiger partial charge is 0.497 e. The Morgan fingerprint density at radius 1 is 0.943 bits per heavy atom. The maximum atomic E-state index is 14.2. The number of benzene rings is 3. The first-order chi connectivity index (χ1) is 17.1. The molecule has 0 spiro atoms. The van der Waals surface area contributed by atoms with E-state index in [-0.39, 0.29) is 5.78 Å². The van der Waals surface area contributed by atoms with Crippen LogP contribution in [0, 0.1) is 28.1 Å². The van der Waals surface area contributed by atoms with Crippen molar-refractivity contribution < 1.29 is 14.3 Å². The number of nitrogens with zero attached hydrogens (tertiary/aromatic N) is 3. The van der Waals surface area contributed by atoms with Gasteiger partial charge in [-0.2, -0.15) is 10.5 Å². The molecule has 1 saturated heterocycles. The third-order valence-corrected chi connectivity index (χ3v) is 7.01. The van der Waals surface area contributed by atoms with Crippen molar-refractivity contribution in [1.82, 2.24) is 0 Å². The minimum absolute atomic E-state index is 0.164. The number of carbonyl (C=O) groups is 1. The molecule has 0 aromatic heterocycles. The Morgan fingerprint density at radius 2 is 1.66 bits per heavy atom. The number of hydrogen-bond acceptors (Lipinski definition) is 6. The van der Waals surface area contributed by atoms with Crippen molar-refractivity contribution in [2.45, 2.75) is 18.0 Å². The number of carbonyl (C=O) groups excluding carboxylic acids is 1. The van der Waals surface area contributed by atoms with Crippen LogP contribution in [0.15, 0.2) is 78.9 Å². The second-order valence-electron chi connectivity index (χ2n) is 8.62. The van der Waals surface area contributed by atoms with Crippen molar-refractivity contribution in [1.29, 1.82) is 10.5 Å². The van der Waals surface area contributed by atoms with Gasteiger partial charge in [0.15, 0.2) is 11.2 Å². The van der Waals surface area contributed by atoms with Crippen LogP contribution in [-0.2, 0) is 0 Å². The normalized spacial score (nSPS) is 21.3. The fourth-order valence-corrected chi connectivity index (χ4v) is 5.43. The SMILES string of the molecule is COc1ccc(OC)c(C2C(C(=O)c3ccccc3)N3c4ccccc4C=CC3C2(C#N)C#N)c1. The van der Waals surface area contributed by atoms with Gasteiger partial charge in [0.05, 0.1) is 38.3 Å². The number of anilines is 1. The van der Waals surface area contributed by atoms with Crippen LogP contribution < -0.4 is 14.4 Å². The molecule has 2 aliphatic heterocycles. The minimum atomic E-state index is -1.56. The number of nitriles is 2. The molecule has 1 fully saturated rings. The Balaban J connectivity index is 1.83. The van der Waals surface area contributed by atoms with Gasteiger partial charge in [-0.25, -0.2) is 0 Å². The Kier molecular flexibility index (Phi) is 5.51. The van der Waals surface area contributed by atoms with Crippen molar-refractivity contribution in [3.05, 3.63) is 95.6 Å². The Morgan fingerprint density at radius 3 is 2.34 bits per heavy atom. The monoisotopic (exact) mass is 461 g/mol. The predicted molar refractivity (Wildman–Crippen MR) is 132 cm³/mol. The number of hydrogen-bond donors (Lipinski definition) is 0. The van der Waals surface area contributed by atoms with Crippen molar-refractivity contribution in [2.75, 3.05) is 19.1 Å². The molecule has 3 unspecified atom stereocenters. The van der Waals surface area contributed by atoms with Crippen molar-refractivity contribution in [3.63, 3.8) is 0 Å². The van der Waals surface area contributed by atoms with E-state index in [1.807, 2.05) is 59.5 Å². The lowest BCUT2D eigenvalue weighted by atomic mass is 9.69. The molecule has 172 valence electrons. The van der Waals surface area contributed by atoms with E-state index < -0.39 is 23.4 Å².